The number of nitrogens with one attached hydrogen (secondary N) is 2. The Bertz CT molecular complexity index is 3530. The van der Waals surface area contributed by atoms with Crippen molar-refractivity contribution in [3.05, 3.63) is 255 Å². The Morgan fingerprint density at radius 3 is 1.91 bits per heavy atom. The zero-order valence-corrected chi connectivity index (χ0v) is 47.0. The van der Waals surface area contributed by atoms with E-state index >= 15 is 9.59 Å². The Morgan fingerprint density at radius 1 is 0.768 bits per heavy atom. The highest BCUT2D eigenvalue weighted by molar-refractivity contribution is 8.00. The molecule has 0 bridgehead atoms. The molecule has 0 radical (unpaired) electrons. The summed E-state index contributed by atoms with van der Waals surface area (Å²) in [5, 5.41) is 12.5. The first kappa shape index (κ1) is 55.0. The molecule has 18 heteroatoms. The molecule has 3 aliphatic rings. The summed E-state index contributed by atoms with van der Waals surface area (Å²) in [6.45, 7) is 3.44. The lowest BCUT2D eigenvalue weighted by molar-refractivity contribution is -0.162. The third-order valence-electron chi connectivity index (χ3n) is 14.0. The minimum absolute atomic E-state index is 0.0201. The second-order valence-electron chi connectivity index (χ2n) is 19.8. The first-order chi connectivity index (χ1) is 39.9. The molecule has 3 aliphatic heterocycles. The third kappa shape index (κ3) is 11.4. The molecule has 0 aliphatic carbocycles. The van der Waals surface area contributed by atoms with Crippen LogP contribution >= 0.6 is 34.7 Å². The number of halogens is 1. The van der Waals surface area contributed by atoms with Gasteiger partial charge in [-0.3, -0.25) is 14.5 Å². The van der Waals surface area contributed by atoms with Crippen molar-refractivity contribution in [2.75, 3.05) is 24.1 Å². The van der Waals surface area contributed by atoms with E-state index in [2.05, 4.69) is 15.8 Å². The molecule has 0 unspecified atom stereocenters. The second-order valence-corrected chi connectivity index (χ2v) is 22.0. The molecule has 1 fully saturated rings. The van der Waals surface area contributed by atoms with Crippen molar-refractivity contribution in [1.29, 1.82) is 0 Å². The van der Waals surface area contributed by atoms with Gasteiger partial charge in [-0.2, -0.15) is 0 Å². The van der Waals surface area contributed by atoms with Crippen LogP contribution in [0.5, 0.6) is 17.2 Å². The summed E-state index contributed by atoms with van der Waals surface area (Å²) >= 11 is 8.94. The SMILES string of the molecule is COc1ccc(COC(=O)C2=C(CCl)CS[C@@H]3[C@H](NC(=O)/C(=N\O[C@H](C(=O)OC(c4ccccc4)c4ccccc4)c4ccc5c(c4)OC(C)(C)O5)c4csc(NC(c5ccccc5)(c5ccccc5)c5ccccc5)n4)C(=O)N23)cc1. The number of carbonyl (C=O) groups is 4. The Kier molecular flexibility index (Phi) is 16.1. The highest BCUT2D eigenvalue weighted by Crippen LogP contribution is 2.44. The van der Waals surface area contributed by atoms with Gasteiger partial charge < -0.3 is 39.2 Å². The number of amides is 2. The van der Waals surface area contributed by atoms with Crippen molar-refractivity contribution >= 4 is 69.3 Å². The van der Waals surface area contributed by atoms with E-state index in [1.54, 1.807) is 68.8 Å². The van der Waals surface area contributed by atoms with E-state index < -0.39 is 58.7 Å². The van der Waals surface area contributed by atoms with Crippen LogP contribution in [0.4, 0.5) is 5.13 Å². The number of nitrogens with zero attached hydrogens (tertiary/aromatic N) is 3. The molecule has 2 N–H and O–H groups in total. The van der Waals surface area contributed by atoms with E-state index in [4.69, 9.17) is 45.1 Å². The first-order valence-corrected chi connectivity index (χ1v) is 28.7. The van der Waals surface area contributed by atoms with Gasteiger partial charge in [0.15, 0.2) is 28.4 Å². The standard InChI is InChI=1S/C64H54ClN5O10S2/c1-63(2)78-50-34-31-43(35-51(50)79-63)56(61(74)77-55(41-19-9-4-10-20-41)42-21-11-5-12-22-42)80-69-52(49-39-82-62(66-49)68-64(45-23-13-6-14-24-45,46-25-15-7-16-26-46)47-27-17-8-18-28-47)57(71)67-53-58(72)70-54(44(36-65)38-81-59(53)70)60(73)76-37-40-29-32-48(75-3)33-30-40/h4-35,39,53,55-56,59H,36-38H2,1-3H3,(H,66,68)(H,67,71)/b69-52-/t53-,56+,59-/m1/s1. The van der Waals surface area contributed by atoms with Gasteiger partial charge in [0.2, 0.25) is 11.9 Å². The Balaban J connectivity index is 0.962. The lowest BCUT2D eigenvalue weighted by Gasteiger charge is -2.49. The molecule has 1 aromatic heterocycles. The minimum Gasteiger partial charge on any atom is -0.497 e. The molecule has 11 rings (SSSR count). The summed E-state index contributed by atoms with van der Waals surface area (Å²) in [6.07, 6.45) is -2.50. The number of hydrogen-bond acceptors (Lipinski definition) is 15. The van der Waals surface area contributed by atoms with Gasteiger partial charge in [-0.25, -0.2) is 14.6 Å². The summed E-state index contributed by atoms with van der Waals surface area (Å²) in [5.41, 5.74) is 4.27. The number of methoxy groups -OCH3 is 1. The van der Waals surface area contributed by atoms with Crippen LogP contribution in [0.3, 0.4) is 0 Å². The van der Waals surface area contributed by atoms with E-state index in [1.807, 2.05) is 152 Å². The average Bonchev–Trinajstić information content (AvgIpc) is 4.29. The van der Waals surface area contributed by atoms with Crippen molar-refractivity contribution in [3.63, 3.8) is 0 Å². The van der Waals surface area contributed by atoms with Gasteiger partial charge >= 0.3 is 11.9 Å². The number of aromatic nitrogens is 1. The smallest absolute Gasteiger partial charge is 0.355 e. The molecule has 7 aromatic carbocycles. The number of oxime groups is 1. The van der Waals surface area contributed by atoms with Crippen LogP contribution in [0.25, 0.3) is 0 Å². The van der Waals surface area contributed by atoms with Crippen LogP contribution in [0.2, 0.25) is 0 Å². The van der Waals surface area contributed by atoms with Gasteiger partial charge in [0.05, 0.1) is 7.11 Å². The Labute approximate surface area is 486 Å². The largest absolute Gasteiger partial charge is 0.497 e. The molecule has 2 amide bonds. The summed E-state index contributed by atoms with van der Waals surface area (Å²) in [4.78, 5) is 71.2. The van der Waals surface area contributed by atoms with Gasteiger partial charge in [0, 0.05) is 36.4 Å². The number of anilines is 1. The van der Waals surface area contributed by atoms with E-state index in [0.29, 0.717) is 44.6 Å². The molecule has 414 valence electrons. The van der Waals surface area contributed by atoms with Crippen LogP contribution in [-0.2, 0) is 45.6 Å². The lowest BCUT2D eigenvalue weighted by atomic mass is 9.77. The quantitative estimate of drug-likeness (QED) is 0.0184. The van der Waals surface area contributed by atoms with E-state index in [1.165, 1.54) is 28.0 Å². The molecule has 1 saturated heterocycles. The van der Waals surface area contributed by atoms with Crippen molar-refractivity contribution < 1.29 is 47.7 Å². The zero-order valence-electron chi connectivity index (χ0n) is 44.6. The first-order valence-electron chi connectivity index (χ1n) is 26.2. The number of benzene rings is 7. The van der Waals surface area contributed by atoms with Crippen LogP contribution in [0.15, 0.2) is 216 Å². The predicted octanol–water partition coefficient (Wildman–Crippen LogP) is 11.5. The molecule has 0 saturated carbocycles. The molecule has 8 aromatic rings. The summed E-state index contributed by atoms with van der Waals surface area (Å²) in [5.74, 6) is -2.38. The summed E-state index contributed by atoms with van der Waals surface area (Å²) in [7, 11) is 1.56. The number of thioether (sulfide) groups is 1. The highest BCUT2D eigenvalue weighted by Gasteiger charge is 2.55. The third-order valence-corrected chi connectivity index (χ3v) is 16.4. The van der Waals surface area contributed by atoms with Gasteiger partial charge in [-0.15, -0.1) is 34.7 Å². The molecule has 0 spiro atoms. The number of esters is 2. The number of β-lactam (4-membered cyclic amide) rings is 1. The van der Waals surface area contributed by atoms with E-state index in [9.17, 15) is 9.59 Å². The molecular weight excluding hydrogens is 1100 g/mol. The Hall–Kier alpha value is -8.90. The summed E-state index contributed by atoms with van der Waals surface area (Å²) in [6, 6.07) is 59.2. The van der Waals surface area contributed by atoms with Crippen molar-refractivity contribution in [2.45, 2.75) is 55.4 Å². The van der Waals surface area contributed by atoms with E-state index in [0.717, 1.165) is 16.7 Å². The fraction of sp³-hybridized carbons (Fsp3) is 0.188. The topological polar surface area (TPSA) is 176 Å². The maximum absolute atomic E-state index is 15.2. The number of carbonyl (C=O) groups excluding carboxylic acids is 4. The van der Waals surface area contributed by atoms with E-state index in [-0.39, 0.29) is 40.9 Å². The van der Waals surface area contributed by atoms with Crippen LogP contribution < -0.4 is 24.8 Å². The average molecular weight is 1150 g/mol. The number of rotatable bonds is 20. The Morgan fingerprint density at radius 2 is 1.34 bits per heavy atom. The highest BCUT2D eigenvalue weighted by atomic mass is 35.5. The molecule has 82 heavy (non-hydrogen) atoms. The monoisotopic (exact) mass is 1150 g/mol. The molecule has 15 nitrogen and oxygen atoms in total. The van der Waals surface area contributed by atoms with Gasteiger partial charge in [0.25, 0.3) is 11.8 Å². The number of thiazole rings is 1. The second kappa shape index (κ2) is 24.1. The predicted molar refractivity (Wildman–Crippen MR) is 313 cm³/mol. The molecular formula is C64H54ClN5O10S2. The number of hydrogen-bond donors (Lipinski definition) is 2. The van der Waals surface area contributed by atoms with Gasteiger partial charge in [-0.05, 0) is 63.2 Å². The minimum atomic E-state index is -1.62. The fourth-order valence-corrected chi connectivity index (χ4v) is 12.4. The van der Waals surface area contributed by atoms with Crippen molar-refractivity contribution in [3.8, 4) is 17.2 Å². The zero-order chi connectivity index (χ0) is 56.8. The number of fused-ring (bicyclic) bond motifs is 2. The molecule has 3 atom stereocenters. The number of alkyl halides is 1. The van der Waals surface area contributed by atoms with Crippen molar-refractivity contribution in [1.82, 2.24) is 15.2 Å². The maximum Gasteiger partial charge on any atom is 0.355 e. The van der Waals surface area contributed by atoms with Crippen LogP contribution in [0, 0.1) is 0 Å². The van der Waals surface area contributed by atoms with Crippen LogP contribution in [0.1, 0.15) is 70.7 Å². The lowest BCUT2D eigenvalue weighted by Crippen LogP contribution is -2.71. The maximum atomic E-state index is 15.2. The normalized spacial score (nSPS) is 16.6. The van der Waals surface area contributed by atoms with Gasteiger partial charge in [0.1, 0.15) is 40.7 Å². The molecule has 4 heterocycles. The number of ether oxygens (including phenoxy) is 5. The summed E-state index contributed by atoms with van der Waals surface area (Å²) < 4.78 is 29.5. The van der Waals surface area contributed by atoms with Crippen molar-refractivity contribution in [2.24, 2.45) is 5.16 Å². The fourth-order valence-electron chi connectivity index (χ4n) is 10.0. The van der Waals surface area contributed by atoms with Gasteiger partial charge in [-0.1, -0.05) is 175 Å². The van der Waals surface area contributed by atoms with Crippen LogP contribution in [-0.4, -0.2) is 75.3 Å².